The molecule has 7 heteroatoms. The lowest BCUT2D eigenvalue weighted by Gasteiger charge is -2.36. The molecule has 1 spiro atoms. The summed E-state index contributed by atoms with van der Waals surface area (Å²) in [5, 5.41) is 3.00. The van der Waals surface area contributed by atoms with E-state index in [0.717, 1.165) is 25.7 Å². The quantitative estimate of drug-likeness (QED) is 0.885. The molecule has 1 N–H and O–H groups in total. The van der Waals surface area contributed by atoms with Crippen molar-refractivity contribution in [3.63, 3.8) is 0 Å². The van der Waals surface area contributed by atoms with Crippen LogP contribution in [0.2, 0.25) is 0 Å². The van der Waals surface area contributed by atoms with Crippen LogP contribution in [-0.2, 0) is 4.79 Å². The average Bonchev–Trinajstić information content (AvgIpc) is 2.97. The molecule has 0 bridgehead atoms. The second-order valence-corrected chi connectivity index (χ2v) is 7.73. The number of aryl methyl sites for hydroxylation is 1. The summed E-state index contributed by atoms with van der Waals surface area (Å²) < 4.78 is 13.4. The summed E-state index contributed by atoms with van der Waals surface area (Å²) in [4.78, 5) is 36.0. The molecule has 4 rings (SSSR count). The number of aromatic nitrogens is 2. The summed E-state index contributed by atoms with van der Waals surface area (Å²) in [6, 6.07) is 7.32. The topological polar surface area (TPSA) is 75.2 Å². The number of carbonyl (C=O) groups excluding carboxylic acids is 2. The molecule has 2 unspecified atom stereocenters. The van der Waals surface area contributed by atoms with E-state index >= 15 is 0 Å². The van der Waals surface area contributed by atoms with Gasteiger partial charge in [-0.2, -0.15) is 0 Å². The number of nitrogens with zero attached hydrogens (tertiary/aromatic N) is 3. The molecule has 2 heterocycles. The molecule has 2 amide bonds. The molecule has 1 saturated carbocycles. The molecule has 2 aromatic rings. The van der Waals surface area contributed by atoms with E-state index in [1.54, 1.807) is 30.2 Å². The fourth-order valence-electron chi connectivity index (χ4n) is 4.44. The van der Waals surface area contributed by atoms with E-state index in [2.05, 4.69) is 15.3 Å². The zero-order valence-electron chi connectivity index (χ0n) is 15.8. The first-order chi connectivity index (χ1) is 13.5. The zero-order chi connectivity index (χ0) is 19.7. The van der Waals surface area contributed by atoms with E-state index in [1.807, 2.05) is 0 Å². The van der Waals surface area contributed by atoms with Crippen molar-refractivity contribution in [3.8, 4) is 0 Å². The zero-order valence-corrected chi connectivity index (χ0v) is 15.8. The lowest BCUT2D eigenvalue weighted by atomic mass is 9.71. The van der Waals surface area contributed by atoms with Crippen molar-refractivity contribution in [1.29, 1.82) is 0 Å². The van der Waals surface area contributed by atoms with Gasteiger partial charge in [-0.25, -0.2) is 14.4 Å². The Kier molecular flexibility index (Phi) is 4.83. The van der Waals surface area contributed by atoms with Gasteiger partial charge in [0.15, 0.2) is 0 Å². The third-order valence-electron chi connectivity index (χ3n) is 5.82. The smallest absolute Gasteiger partial charge is 0.251 e. The Morgan fingerprint density at radius 1 is 1.32 bits per heavy atom. The van der Waals surface area contributed by atoms with Crippen LogP contribution in [0.5, 0.6) is 0 Å². The van der Waals surface area contributed by atoms with Crippen LogP contribution < -0.4 is 10.2 Å². The maximum Gasteiger partial charge on any atom is 0.251 e. The van der Waals surface area contributed by atoms with Crippen LogP contribution in [0.3, 0.4) is 0 Å². The van der Waals surface area contributed by atoms with Crippen molar-refractivity contribution in [1.82, 2.24) is 15.3 Å². The van der Waals surface area contributed by atoms with Gasteiger partial charge in [-0.05, 0) is 56.9 Å². The number of halogens is 1. The number of hydrogen-bond acceptors (Lipinski definition) is 4. The third-order valence-corrected chi connectivity index (χ3v) is 5.82. The van der Waals surface area contributed by atoms with Crippen molar-refractivity contribution in [2.75, 3.05) is 11.4 Å². The van der Waals surface area contributed by atoms with Crippen molar-refractivity contribution in [2.24, 2.45) is 5.41 Å². The van der Waals surface area contributed by atoms with E-state index in [0.29, 0.717) is 30.2 Å². The number of nitrogens with one attached hydrogen (secondary N) is 1. The van der Waals surface area contributed by atoms with Crippen LogP contribution in [-0.4, -0.2) is 34.4 Å². The highest BCUT2D eigenvalue weighted by molar-refractivity contribution is 5.99. The first-order valence-corrected chi connectivity index (χ1v) is 9.65. The standard InChI is InChI=1S/C21H23FN4O2/c1-14-23-10-7-18(24-14)26-11-9-21(20(26)28)8-3-6-17(13-21)25-19(27)15-4-2-5-16(22)12-15/h2,4-5,7,10,12,17H,3,6,8-9,11,13H2,1H3,(H,25,27). The first-order valence-electron chi connectivity index (χ1n) is 9.65. The Morgan fingerprint density at radius 3 is 2.96 bits per heavy atom. The van der Waals surface area contributed by atoms with Crippen molar-refractivity contribution < 1.29 is 14.0 Å². The third kappa shape index (κ3) is 3.48. The fourth-order valence-corrected chi connectivity index (χ4v) is 4.44. The van der Waals surface area contributed by atoms with E-state index in [4.69, 9.17) is 0 Å². The minimum Gasteiger partial charge on any atom is -0.349 e. The fraction of sp³-hybridized carbons (Fsp3) is 0.429. The number of benzene rings is 1. The van der Waals surface area contributed by atoms with Gasteiger partial charge in [-0.1, -0.05) is 12.5 Å². The maximum absolute atomic E-state index is 13.4. The second kappa shape index (κ2) is 7.30. The number of carbonyl (C=O) groups is 2. The summed E-state index contributed by atoms with van der Waals surface area (Å²) in [6.45, 7) is 2.43. The van der Waals surface area contributed by atoms with Gasteiger partial charge in [0, 0.05) is 24.3 Å². The maximum atomic E-state index is 13.4. The van der Waals surface area contributed by atoms with Crippen LogP contribution in [0.1, 0.15) is 48.3 Å². The molecular weight excluding hydrogens is 359 g/mol. The predicted octanol–water partition coefficient (Wildman–Crippen LogP) is 3.02. The van der Waals surface area contributed by atoms with Crippen LogP contribution in [0.4, 0.5) is 10.2 Å². The van der Waals surface area contributed by atoms with Gasteiger partial charge in [0.25, 0.3) is 5.91 Å². The lowest BCUT2D eigenvalue weighted by Crippen LogP contribution is -2.46. The molecule has 1 aliphatic heterocycles. The molecule has 1 aromatic carbocycles. The number of rotatable bonds is 3. The molecule has 1 saturated heterocycles. The summed E-state index contributed by atoms with van der Waals surface area (Å²) in [6.07, 6.45) is 5.53. The Hall–Kier alpha value is -2.83. The number of hydrogen-bond donors (Lipinski definition) is 1. The molecule has 0 radical (unpaired) electrons. The van der Waals surface area contributed by atoms with Gasteiger partial charge >= 0.3 is 0 Å². The highest BCUT2D eigenvalue weighted by Crippen LogP contribution is 2.45. The molecule has 146 valence electrons. The van der Waals surface area contributed by atoms with Gasteiger partial charge in [0.2, 0.25) is 5.91 Å². The SMILES string of the molecule is Cc1nccc(N2CCC3(CCCC(NC(=O)c4cccc(F)c4)C3)C2=O)n1. The van der Waals surface area contributed by atoms with Crippen LogP contribution in [0, 0.1) is 18.2 Å². The minimum atomic E-state index is -0.461. The van der Waals surface area contributed by atoms with Crippen molar-refractivity contribution in [2.45, 2.75) is 45.1 Å². The van der Waals surface area contributed by atoms with E-state index in [9.17, 15) is 14.0 Å². The highest BCUT2D eigenvalue weighted by atomic mass is 19.1. The molecule has 1 aliphatic carbocycles. The number of anilines is 1. The summed E-state index contributed by atoms with van der Waals surface area (Å²) >= 11 is 0. The van der Waals surface area contributed by atoms with Crippen molar-refractivity contribution >= 4 is 17.6 Å². The van der Waals surface area contributed by atoms with Crippen molar-refractivity contribution in [3.05, 3.63) is 53.7 Å². The van der Waals surface area contributed by atoms with E-state index < -0.39 is 11.2 Å². The normalized spacial score (nSPS) is 24.6. The summed E-state index contributed by atoms with van der Waals surface area (Å²) in [5.41, 5.74) is -0.160. The van der Waals surface area contributed by atoms with Crippen LogP contribution >= 0.6 is 0 Å². The Morgan fingerprint density at radius 2 is 2.18 bits per heavy atom. The Balaban J connectivity index is 1.47. The minimum absolute atomic E-state index is 0.0790. The molecule has 2 fully saturated rings. The monoisotopic (exact) mass is 382 g/mol. The highest BCUT2D eigenvalue weighted by Gasteiger charge is 2.50. The molecule has 6 nitrogen and oxygen atoms in total. The largest absolute Gasteiger partial charge is 0.349 e. The van der Waals surface area contributed by atoms with Gasteiger partial charge in [0.1, 0.15) is 17.5 Å². The van der Waals surface area contributed by atoms with Gasteiger partial charge in [0.05, 0.1) is 5.41 Å². The molecule has 1 aromatic heterocycles. The summed E-state index contributed by atoms with van der Waals surface area (Å²) in [5.74, 6) is 0.621. The second-order valence-electron chi connectivity index (χ2n) is 7.73. The molecule has 2 aliphatic rings. The first kappa shape index (κ1) is 18.5. The molecule has 2 atom stereocenters. The van der Waals surface area contributed by atoms with E-state index in [-0.39, 0.29) is 17.9 Å². The van der Waals surface area contributed by atoms with E-state index in [1.165, 1.54) is 18.2 Å². The van der Waals surface area contributed by atoms with Gasteiger partial charge < -0.3 is 5.32 Å². The van der Waals surface area contributed by atoms with Crippen LogP contribution in [0.15, 0.2) is 36.5 Å². The van der Waals surface area contributed by atoms with Gasteiger partial charge in [-0.15, -0.1) is 0 Å². The Labute approximate surface area is 163 Å². The summed E-state index contributed by atoms with van der Waals surface area (Å²) in [7, 11) is 0. The predicted molar refractivity (Wildman–Crippen MR) is 102 cm³/mol. The van der Waals surface area contributed by atoms with Crippen LogP contribution in [0.25, 0.3) is 0 Å². The lowest BCUT2D eigenvalue weighted by molar-refractivity contribution is -0.127. The number of amides is 2. The Bertz CT molecular complexity index is 919. The average molecular weight is 382 g/mol. The molecular formula is C21H23FN4O2. The molecule has 28 heavy (non-hydrogen) atoms. The van der Waals surface area contributed by atoms with Gasteiger partial charge in [-0.3, -0.25) is 14.5 Å².